The van der Waals surface area contributed by atoms with Gasteiger partial charge in [0.25, 0.3) is 0 Å². The minimum absolute atomic E-state index is 0.0288. The monoisotopic (exact) mass is 438 g/mol. The summed E-state index contributed by atoms with van der Waals surface area (Å²) in [6, 6.07) is 1.83. The van der Waals surface area contributed by atoms with E-state index in [2.05, 4.69) is 13.8 Å². The van der Waals surface area contributed by atoms with Crippen molar-refractivity contribution in [3.8, 4) is 0 Å². The lowest BCUT2D eigenvalue weighted by Crippen LogP contribution is -2.71. The zero-order chi connectivity index (χ0) is 22.9. The summed E-state index contributed by atoms with van der Waals surface area (Å²) in [4.78, 5) is 39.8. The molecule has 8 atom stereocenters. The highest BCUT2D eigenvalue weighted by molar-refractivity contribution is 5.98. The van der Waals surface area contributed by atoms with Crippen molar-refractivity contribution in [3.63, 3.8) is 0 Å². The highest BCUT2D eigenvalue weighted by atomic mass is 16.7. The predicted octanol–water partition coefficient (Wildman–Crippen LogP) is 4.20. The number of allylic oxidation sites excluding steroid dienone is 2. The molecule has 1 aromatic heterocycles. The van der Waals surface area contributed by atoms with Crippen molar-refractivity contribution < 1.29 is 28.3 Å². The number of Topliss-reactive ketones (excluding diaryl/α,β-unsaturated/α-hetero) is 1. The van der Waals surface area contributed by atoms with Crippen LogP contribution in [0.3, 0.4) is 0 Å². The molecule has 5 aliphatic rings. The van der Waals surface area contributed by atoms with Gasteiger partial charge in [0.2, 0.25) is 0 Å². The first-order valence-electron chi connectivity index (χ1n) is 11.6. The highest BCUT2D eigenvalue weighted by Gasteiger charge is 2.88. The lowest BCUT2D eigenvalue weighted by molar-refractivity contribution is -0.210. The van der Waals surface area contributed by atoms with E-state index < -0.39 is 40.0 Å². The molecule has 0 bridgehead atoms. The second-order valence-electron chi connectivity index (χ2n) is 11.8. The van der Waals surface area contributed by atoms with Crippen LogP contribution in [-0.4, -0.2) is 29.2 Å². The zero-order valence-corrected chi connectivity index (χ0v) is 19.3. The molecule has 2 aliphatic heterocycles. The minimum atomic E-state index is -0.912. The molecule has 0 unspecified atom stereocenters. The number of cyclic esters (lactones) is 1. The van der Waals surface area contributed by atoms with Gasteiger partial charge in [0.1, 0.15) is 17.5 Å². The van der Waals surface area contributed by atoms with E-state index in [1.54, 1.807) is 18.6 Å². The predicted molar refractivity (Wildman–Crippen MR) is 113 cm³/mol. The molecule has 1 spiro atoms. The molecule has 170 valence electrons. The van der Waals surface area contributed by atoms with Crippen LogP contribution >= 0.6 is 0 Å². The Morgan fingerprint density at radius 3 is 2.44 bits per heavy atom. The van der Waals surface area contributed by atoms with Crippen molar-refractivity contribution in [1.82, 2.24) is 0 Å². The van der Waals surface area contributed by atoms with Crippen LogP contribution in [-0.2, 0) is 23.9 Å². The molecule has 3 aliphatic carbocycles. The number of rotatable bonds is 1. The molecule has 4 fully saturated rings. The number of furan rings is 1. The molecular weight excluding hydrogens is 408 g/mol. The number of carbonyl (C=O) groups is 3. The first kappa shape index (κ1) is 20.4. The average Bonchev–Trinajstić information content (AvgIpc) is 3.30. The van der Waals surface area contributed by atoms with E-state index in [0.717, 1.165) is 18.4 Å². The number of hydrogen-bond donors (Lipinski definition) is 0. The molecule has 2 saturated carbocycles. The third kappa shape index (κ3) is 1.92. The van der Waals surface area contributed by atoms with Crippen LogP contribution in [0.4, 0.5) is 0 Å². The third-order valence-electron chi connectivity index (χ3n) is 10.3. The second kappa shape index (κ2) is 5.64. The van der Waals surface area contributed by atoms with Crippen molar-refractivity contribution in [1.29, 1.82) is 0 Å². The Hall–Kier alpha value is -2.21. The number of ether oxygens (including phenoxy) is 2. The summed E-state index contributed by atoms with van der Waals surface area (Å²) in [5.41, 5.74) is -2.45. The van der Waals surface area contributed by atoms with E-state index >= 15 is 0 Å². The summed E-state index contributed by atoms with van der Waals surface area (Å²) in [6.45, 7) is 10.2. The maximum atomic E-state index is 14.1. The molecule has 1 aromatic rings. The maximum Gasteiger partial charge on any atom is 0.339 e. The zero-order valence-electron chi connectivity index (χ0n) is 19.3. The topological polar surface area (TPSA) is 86.1 Å². The Bertz CT molecular complexity index is 1080. The van der Waals surface area contributed by atoms with Crippen LogP contribution in [0.25, 0.3) is 0 Å². The van der Waals surface area contributed by atoms with Gasteiger partial charge in [-0.15, -0.1) is 0 Å². The molecular formula is C26H30O6. The fourth-order valence-corrected chi connectivity index (χ4v) is 8.56. The van der Waals surface area contributed by atoms with Crippen LogP contribution < -0.4 is 0 Å². The van der Waals surface area contributed by atoms with Crippen molar-refractivity contribution in [3.05, 3.63) is 36.3 Å². The minimum Gasteiger partial charge on any atom is -0.472 e. The van der Waals surface area contributed by atoms with Gasteiger partial charge in [-0.25, -0.2) is 4.79 Å². The maximum absolute atomic E-state index is 14.1. The summed E-state index contributed by atoms with van der Waals surface area (Å²) in [5, 5.41) is 0. The molecule has 0 amide bonds. The molecule has 6 rings (SSSR count). The SMILES string of the molecule is CC1(C)C(=O)C=C[C@]2(C)[C@H]3CC[C@@]4(C)[C@@H](c5ccoc5)OC(=O)[C@H]5O[C@]54[C@]3(C)C(=O)C[C@@H]12. The van der Waals surface area contributed by atoms with Crippen LogP contribution in [0.15, 0.2) is 35.2 Å². The standard InChI is InChI=1S/C26H30O6/c1-22(2)16-12-18(28)25(5)15(23(16,3)9-7-17(22)27)6-10-24(4)19(14-8-11-30-13-14)31-21(29)20-26(24,25)32-20/h7-9,11,13,15-16,19-20H,6,10,12H2,1-5H3/t15-,16+,19-,20-,23-,24+,25+,26-/m1/s1. The largest absolute Gasteiger partial charge is 0.472 e. The van der Waals surface area contributed by atoms with Gasteiger partial charge in [-0.1, -0.05) is 33.8 Å². The lowest BCUT2D eigenvalue weighted by Gasteiger charge is -2.66. The Labute approximate surface area is 187 Å². The molecule has 0 aromatic carbocycles. The fourth-order valence-electron chi connectivity index (χ4n) is 8.56. The summed E-state index contributed by atoms with van der Waals surface area (Å²) in [6.07, 6.45) is 7.57. The number of ketones is 2. The molecule has 32 heavy (non-hydrogen) atoms. The van der Waals surface area contributed by atoms with Crippen molar-refractivity contribution >= 4 is 17.5 Å². The molecule has 0 N–H and O–H groups in total. The van der Waals surface area contributed by atoms with E-state index in [0.29, 0.717) is 6.42 Å². The average molecular weight is 439 g/mol. The Morgan fingerprint density at radius 2 is 1.75 bits per heavy atom. The van der Waals surface area contributed by atoms with E-state index in [1.807, 2.05) is 32.9 Å². The number of fused-ring (bicyclic) bond motifs is 3. The molecule has 3 heterocycles. The van der Waals surface area contributed by atoms with Crippen molar-refractivity contribution in [2.24, 2.45) is 33.5 Å². The van der Waals surface area contributed by atoms with Gasteiger partial charge in [-0.2, -0.15) is 0 Å². The Kier molecular flexibility index (Phi) is 3.60. The summed E-state index contributed by atoms with van der Waals surface area (Å²) < 4.78 is 17.5. The number of esters is 1. The number of epoxide rings is 1. The van der Waals surface area contributed by atoms with Gasteiger partial charge in [0, 0.05) is 22.8 Å². The summed E-state index contributed by atoms with van der Waals surface area (Å²) in [7, 11) is 0. The van der Waals surface area contributed by atoms with Gasteiger partial charge in [0.05, 0.1) is 17.9 Å². The van der Waals surface area contributed by atoms with Crippen molar-refractivity contribution in [2.75, 3.05) is 0 Å². The van der Waals surface area contributed by atoms with Crippen LogP contribution in [0.5, 0.6) is 0 Å². The van der Waals surface area contributed by atoms with Gasteiger partial charge in [0.15, 0.2) is 11.9 Å². The lowest BCUT2D eigenvalue weighted by atomic mass is 9.36. The molecule has 2 saturated heterocycles. The van der Waals surface area contributed by atoms with Crippen LogP contribution in [0, 0.1) is 33.5 Å². The van der Waals surface area contributed by atoms with Crippen LogP contribution in [0.2, 0.25) is 0 Å². The van der Waals surface area contributed by atoms with E-state index in [-0.39, 0.29) is 28.8 Å². The van der Waals surface area contributed by atoms with Gasteiger partial charge in [-0.05, 0) is 49.2 Å². The normalized spacial score (nSPS) is 50.6. The first-order valence-corrected chi connectivity index (χ1v) is 11.6. The third-order valence-corrected chi connectivity index (χ3v) is 10.3. The van der Waals surface area contributed by atoms with Crippen LogP contribution in [0.1, 0.15) is 65.5 Å². The summed E-state index contributed by atoms with van der Waals surface area (Å²) in [5.74, 6) is -0.312. The Morgan fingerprint density at radius 1 is 1.00 bits per heavy atom. The fraction of sp³-hybridized carbons (Fsp3) is 0.654. The van der Waals surface area contributed by atoms with E-state index in [4.69, 9.17) is 13.9 Å². The smallest absolute Gasteiger partial charge is 0.339 e. The van der Waals surface area contributed by atoms with Gasteiger partial charge >= 0.3 is 5.97 Å². The second-order valence-corrected chi connectivity index (χ2v) is 11.8. The molecule has 0 radical (unpaired) electrons. The van der Waals surface area contributed by atoms with Gasteiger partial charge in [-0.3, -0.25) is 9.59 Å². The first-order chi connectivity index (χ1) is 14.9. The molecule has 6 nitrogen and oxygen atoms in total. The Balaban J connectivity index is 1.53. The van der Waals surface area contributed by atoms with E-state index in [9.17, 15) is 14.4 Å². The number of carbonyl (C=O) groups excluding carboxylic acids is 3. The van der Waals surface area contributed by atoms with E-state index in [1.165, 1.54) is 0 Å². The highest BCUT2D eigenvalue weighted by Crippen LogP contribution is 2.78. The number of hydrogen-bond acceptors (Lipinski definition) is 6. The quantitative estimate of drug-likeness (QED) is 0.483. The van der Waals surface area contributed by atoms with Crippen molar-refractivity contribution in [2.45, 2.75) is 71.7 Å². The summed E-state index contributed by atoms with van der Waals surface area (Å²) >= 11 is 0. The molecule has 6 heteroatoms. The van der Waals surface area contributed by atoms with Gasteiger partial charge < -0.3 is 13.9 Å².